The lowest BCUT2D eigenvalue weighted by atomic mass is 9.95. The van der Waals surface area contributed by atoms with Gasteiger partial charge in [-0.05, 0) is 12.0 Å². The monoisotopic (exact) mass is 303 g/mol. The highest BCUT2D eigenvalue weighted by atomic mass is 35.5. The zero-order valence-corrected chi connectivity index (χ0v) is 12.0. The maximum Gasteiger partial charge on any atom is 0.317 e. The molecule has 1 aliphatic rings. The number of aromatic nitrogens is 1. The molecule has 0 radical (unpaired) electrons. The number of hydrogen-bond acceptors (Lipinski definition) is 4. The first-order chi connectivity index (χ1) is 10.2. The molecule has 1 aliphatic heterocycles. The largest absolute Gasteiger partial charge is 0.425 e. The van der Waals surface area contributed by atoms with Gasteiger partial charge in [-0.3, -0.25) is 9.78 Å². The maximum absolute atomic E-state index is 12.3. The molecule has 1 fully saturated rings. The van der Waals surface area contributed by atoms with Crippen molar-refractivity contribution in [2.45, 2.75) is 12.5 Å². The average molecular weight is 304 g/mol. The minimum absolute atomic E-state index is 0.258. The van der Waals surface area contributed by atoms with Crippen LogP contribution in [0.3, 0.4) is 0 Å². The number of nitrogens with zero attached hydrogens (tertiary/aromatic N) is 1. The third kappa shape index (κ3) is 3.23. The van der Waals surface area contributed by atoms with Crippen LogP contribution >= 0.6 is 11.6 Å². The highest BCUT2D eigenvalue weighted by molar-refractivity contribution is 6.30. The Hall–Kier alpha value is -1.91. The van der Waals surface area contributed by atoms with E-state index in [0.717, 1.165) is 5.56 Å². The van der Waals surface area contributed by atoms with E-state index in [0.29, 0.717) is 23.8 Å². The van der Waals surface area contributed by atoms with Crippen molar-refractivity contribution in [3.05, 3.63) is 59.4 Å². The first-order valence-electron chi connectivity index (χ1n) is 6.73. The molecule has 1 aromatic heterocycles. The normalized spacial score (nSPS) is 21.2. The lowest BCUT2D eigenvalue weighted by Crippen LogP contribution is -2.23. The minimum Gasteiger partial charge on any atom is -0.425 e. The fourth-order valence-corrected chi connectivity index (χ4v) is 2.61. The summed E-state index contributed by atoms with van der Waals surface area (Å²) in [6.45, 7) is 0.549. The predicted octanol–water partition coefficient (Wildman–Crippen LogP) is 3.42. The van der Waals surface area contributed by atoms with E-state index in [4.69, 9.17) is 21.1 Å². The second-order valence-corrected chi connectivity index (χ2v) is 5.29. The first kappa shape index (κ1) is 14.0. The third-order valence-electron chi connectivity index (χ3n) is 3.42. The summed E-state index contributed by atoms with van der Waals surface area (Å²) < 4.78 is 11.1. The Morgan fingerprint density at radius 2 is 2.10 bits per heavy atom. The van der Waals surface area contributed by atoms with E-state index in [-0.39, 0.29) is 18.0 Å². The lowest BCUT2D eigenvalue weighted by Gasteiger charge is -2.17. The summed E-state index contributed by atoms with van der Waals surface area (Å²) >= 11 is 5.83. The zero-order valence-electron chi connectivity index (χ0n) is 11.2. The van der Waals surface area contributed by atoms with E-state index in [9.17, 15) is 4.79 Å². The molecule has 0 bridgehead atoms. The van der Waals surface area contributed by atoms with E-state index < -0.39 is 0 Å². The Bertz CT molecular complexity index is 632. The van der Waals surface area contributed by atoms with Gasteiger partial charge < -0.3 is 9.47 Å². The fraction of sp³-hybridized carbons (Fsp3) is 0.250. The summed E-state index contributed by atoms with van der Waals surface area (Å²) in [5.41, 5.74) is 0.987. The van der Waals surface area contributed by atoms with E-state index in [1.807, 2.05) is 30.3 Å². The molecule has 1 saturated heterocycles. The molecule has 0 spiro atoms. The van der Waals surface area contributed by atoms with Gasteiger partial charge in [0.25, 0.3) is 0 Å². The minimum atomic E-state index is -0.314. The molecule has 2 heterocycles. The molecule has 2 atom stereocenters. The van der Waals surface area contributed by atoms with E-state index in [2.05, 4.69) is 4.98 Å². The summed E-state index contributed by atoms with van der Waals surface area (Å²) in [5.74, 6) is -0.275. The Morgan fingerprint density at radius 3 is 2.86 bits per heavy atom. The van der Waals surface area contributed by atoms with Crippen molar-refractivity contribution in [2.24, 2.45) is 5.92 Å². The van der Waals surface area contributed by atoms with E-state index in [1.54, 1.807) is 6.07 Å². The summed E-state index contributed by atoms with van der Waals surface area (Å²) in [6.07, 6.45) is 3.35. The van der Waals surface area contributed by atoms with Gasteiger partial charge in [-0.2, -0.15) is 0 Å². The third-order valence-corrected chi connectivity index (χ3v) is 3.63. The Labute approximate surface area is 127 Å². The van der Waals surface area contributed by atoms with Crippen LogP contribution in [0.25, 0.3) is 0 Å². The summed E-state index contributed by atoms with van der Waals surface area (Å²) in [6, 6.07) is 11.3. The van der Waals surface area contributed by atoms with Crippen molar-refractivity contribution in [1.29, 1.82) is 0 Å². The van der Waals surface area contributed by atoms with Crippen LogP contribution in [0.4, 0.5) is 0 Å². The molecule has 108 valence electrons. The molecule has 4 nitrogen and oxygen atoms in total. The number of halogens is 1. The van der Waals surface area contributed by atoms with Crippen molar-refractivity contribution < 1.29 is 14.3 Å². The fourth-order valence-electron chi connectivity index (χ4n) is 2.44. The SMILES string of the molecule is O=C(Oc1cncc(Cl)c1)[C@@H]1CCO[C@@H]1c1ccccc1. The summed E-state index contributed by atoms with van der Waals surface area (Å²) in [4.78, 5) is 16.2. The number of hydrogen-bond donors (Lipinski definition) is 0. The number of carbonyl (C=O) groups is 1. The molecule has 0 unspecified atom stereocenters. The number of rotatable bonds is 3. The zero-order chi connectivity index (χ0) is 14.7. The van der Waals surface area contributed by atoms with Crippen LogP contribution in [-0.2, 0) is 9.53 Å². The molecule has 0 aliphatic carbocycles. The number of esters is 1. The van der Waals surface area contributed by atoms with Crippen LogP contribution in [0.2, 0.25) is 5.02 Å². The highest BCUT2D eigenvalue weighted by Crippen LogP contribution is 2.35. The van der Waals surface area contributed by atoms with Crippen LogP contribution in [0.1, 0.15) is 18.1 Å². The van der Waals surface area contributed by atoms with Gasteiger partial charge in [-0.15, -0.1) is 0 Å². The quantitative estimate of drug-likeness (QED) is 0.815. The van der Waals surface area contributed by atoms with Crippen LogP contribution in [0, 0.1) is 5.92 Å². The maximum atomic E-state index is 12.3. The van der Waals surface area contributed by atoms with Gasteiger partial charge in [0.15, 0.2) is 5.75 Å². The molecule has 0 amide bonds. The molecule has 0 N–H and O–H groups in total. The van der Waals surface area contributed by atoms with Crippen LogP contribution < -0.4 is 4.74 Å². The van der Waals surface area contributed by atoms with Gasteiger partial charge in [0.2, 0.25) is 0 Å². The first-order valence-corrected chi connectivity index (χ1v) is 7.10. The predicted molar refractivity (Wildman–Crippen MR) is 78.1 cm³/mol. The molecule has 1 aromatic carbocycles. The summed E-state index contributed by atoms with van der Waals surface area (Å²) in [7, 11) is 0. The van der Waals surface area contributed by atoms with Gasteiger partial charge in [0, 0.05) is 18.9 Å². The Kier molecular flexibility index (Phi) is 4.18. The van der Waals surface area contributed by atoms with Crippen molar-refractivity contribution in [1.82, 2.24) is 4.98 Å². The molecule has 21 heavy (non-hydrogen) atoms. The van der Waals surface area contributed by atoms with Crippen LogP contribution in [0.5, 0.6) is 5.75 Å². The van der Waals surface area contributed by atoms with Gasteiger partial charge in [-0.25, -0.2) is 0 Å². The van der Waals surface area contributed by atoms with Crippen LogP contribution in [0.15, 0.2) is 48.8 Å². The van der Waals surface area contributed by atoms with Crippen molar-refractivity contribution >= 4 is 17.6 Å². The molecular weight excluding hydrogens is 290 g/mol. The van der Waals surface area contributed by atoms with Gasteiger partial charge in [0.05, 0.1) is 23.2 Å². The van der Waals surface area contributed by atoms with Gasteiger partial charge in [0.1, 0.15) is 0 Å². The summed E-state index contributed by atoms with van der Waals surface area (Å²) in [5, 5.41) is 0.433. The molecule has 5 heteroatoms. The van der Waals surface area contributed by atoms with Crippen LogP contribution in [-0.4, -0.2) is 17.6 Å². The number of carbonyl (C=O) groups excluding carboxylic acids is 1. The second kappa shape index (κ2) is 6.24. The lowest BCUT2D eigenvalue weighted by molar-refractivity contribution is -0.140. The average Bonchev–Trinajstić information content (AvgIpc) is 2.98. The van der Waals surface area contributed by atoms with Gasteiger partial charge >= 0.3 is 5.97 Å². The Morgan fingerprint density at radius 1 is 1.29 bits per heavy atom. The van der Waals surface area contributed by atoms with E-state index in [1.165, 1.54) is 12.4 Å². The standard InChI is InChI=1S/C16H14ClNO3/c17-12-8-13(10-18-9-12)21-16(19)14-6-7-20-15(14)11-4-2-1-3-5-11/h1-5,8-10,14-15H,6-7H2/t14-,15-/m1/s1. The van der Waals surface area contributed by atoms with Crippen molar-refractivity contribution in [2.75, 3.05) is 6.61 Å². The van der Waals surface area contributed by atoms with Gasteiger partial charge in [-0.1, -0.05) is 41.9 Å². The number of benzene rings is 1. The van der Waals surface area contributed by atoms with Crippen molar-refractivity contribution in [3.8, 4) is 5.75 Å². The molecule has 0 saturated carbocycles. The second-order valence-electron chi connectivity index (χ2n) is 4.86. The number of pyridine rings is 1. The topological polar surface area (TPSA) is 48.4 Å². The molecule has 2 aromatic rings. The van der Waals surface area contributed by atoms with E-state index >= 15 is 0 Å². The molecular formula is C16H14ClNO3. The van der Waals surface area contributed by atoms with Crippen molar-refractivity contribution in [3.63, 3.8) is 0 Å². The molecule has 3 rings (SSSR count). The highest BCUT2D eigenvalue weighted by Gasteiger charge is 2.36. The Balaban J connectivity index is 1.74. The smallest absolute Gasteiger partial charge is 0.317 e. The number of ether oxygens (including phenoxy) is 2.